The molecular weight excluding hydrogens is 348 g/mol. The molecule has 0 spiro atoms. The van der Waals surface area contributed by atoms with Crippen LogP contribution in [0.3, 0.4) is 0 Å². The van der Waals surface area contributed by atoms with Crippen LogP contribution in [0.5, 0.6) is 11.5 Å². The predicted octanol–water partition coefficient (Wildman–Crippen LogP) is 6.29. The van der Waals surface area contributed by atoms with Gasteiger partial charge in [-0.25, -0.2) is 0 Å². The van der Waals surface area contributed by atoms with Gasteiger partial charge in [-0.3, -0.25) is 5.41 Å². The van der Waals surface area contributed by atoms with Gasteiger partial charge < -0.3 is 15.2 Å². The highest BCUT2D eigenvalue weighted by atomic mass is 16.5. The highest BCUT2D eigenvalue weighted by molar-refractivity contribution is 5.94. The lowest BCUT2D eigenvalue weighted by Gasteiger charge is -2.08. The summed E-state index contributed by atoms with van der Waals surface area (Å²) < 4.78 is 11.4. The van der Waals surface area contributed by atoms with Crippen LogP contribution in [0.1, 0.15) is 58.1 Å². The van der Waals surface area contributed by atoms with Gasteiger partial charge in [0.2, 0.25) is 0 Å². The topological polar surface area (TPSA) is 68.3 Å². The second kappa shape index (κ2) is 16.4. The number of benzene rings is 2. The van der Waals surface area contributed by atoms with Crippen LogP contribution < -0.4 is 15.2 Å². The molecule has 4 heteroatoms. The summed E-state index contributed by atoms with van der Waals surface area (Å²) >= 11 is 0. The number of hydrogen-bond donors (Lipinski definition) is 2. The van der Waals surface area contributed by atoms with Crippen molar-refractivity contribution in [2.24, 2.45) is 5.73 Å². The van der Waals surface area contributed by atoms with Crippen LogP contribution in [0.4, 0.5) is 0 Å². The van der Waals surface area contributed by atoms with Crippen LogP contribution in [0.2, 0.25) is 0 Å². The number of rotatable bonds is 10. The smallest absolute Gasteiger partial charge is 0.122 e. The number of nitrogens with one attached hydrogen (secondary N) is 1. The molecule has 0 heterocycles. The zero-order valence-corrected chi connectivity index (χ0v) is 17.8. The third-order valence-corrected chi connectivity index (χ3v) is 3.61. The maximum Gasteiger partial charge on any atom is 0.122 e. The largest absolute Gasteiger partial charge is 0.494 e. The Morgan fingerprint density at radius 3 is 1.64 bits per heavy atom. The Kier molecular flexibility index (Phi) is 14.8. The van der Waals surface area contributed by atoms with Crippen molar-refractivity contribution in [1.82, 2.24) is 0 Å². The lowest BCUT2D eigenvalue weighted by atomic mass is 10.2. The molecule has 0 unspecified atom stereocenters. The zero-order valence-electron chi connectivity index (χ0n) is 17.8. The van der Waals surface area contributed by atoms with Crippen molar-refractivity contribution in [3.63, 3.8) is 0 Å². The molecule has 28 heavy (non-hydrogen) atoms. The van der Waals surface area contributed by atoms with Crippen LogP contribution in [0.15, 0.2) is 55.1 Å². The minimum Gasteiger partial charge on any atom is -0.494 e. The fourth-order valence-electron chi connectivity index (χ4n) is 2.19. The van der Waals surface area contributed by atoms with Gasteiger partial charge in [0.25, 0.3) is 0 Å². The molecule has 0 aliphatic rings. The lowest BCUT2D eigenvalue weighted by molar-refractivity contribution is 0.279. The van der Waals surface area contributed by atoms with Gasteiger partial charge >= 0.3 is 0 Å². The minimum atomic E-state index is 0.0701. The molecule has 2 aromatic rings. The SMILES string of the molecule is C=Cc1ccc(OCCCCCOc2ccc(C(=N)N)cc2)cc1.CC.CC. The van der Waals surface area contributed by atoms with Crippen LogP contribution in [0.25, 0.3) is 6.08 Å². The number of hydrogen-bond acceptors (Lipinski definition) is 3. The molecule has 0 amide bonds. The fraction of sp³-hybridized carbons (Fsp3) is 0.375. The molecule has 0 saturated carbocycles. The van der Waals surface area contributed by atoms with Gasteiger partial charge in [0, 0.05) is 5.56 Å². The van der Waals surface area contributed by atoms with Crippen molar-refractivity contribution in [1.29, 1.82) is 5.41 Å². The Balaban J connectivity index is 0.00000171. The monoisotopic (exact) mass is 384 g/mol. The third kappa shape index (κ3) is 10.4. The van der Waals surface area contributed by atoms with Crippen LogP contribution in [0, 0.1) is 5.41 Å². The summed E-state index contributed by atoms with van der Waals surface area (Å²) in [4.78, 5) is 0. The van der Waals surface area contributed by atoms with Gasteiger partial charge in [-0.2, -0.15) is 0 Å². The summed E-state index contributed by atoms with van der Waals surface area (Å²) in [5.41, 5.74) is 7.22. The van der Waals surface area contributed by atoms with E-state index in [1.54, 1.807) is 12.1 Å². The molecular formula is C24H36N2O2. The van der Waals surface area contributed by atoms with Gasteiger partial charge in [0.1, 0.15) is 17.3 Å². The molecule has 0 atom stereocenters. The summed E-state index contributed by atoms with van der Waals surface area (Å²) in [5, 5.41) is 7.34. The first-order valence-corrected chi connectivity index (χ1v) is 10.1. The molecule has 0 aliphatic carbocycles. The molecule has 0 aliphatic heterocycles. The van der Waals surface area contributed by atoms with Crippen molar-refractivity contribution >= 4 is 11.9 Å². The van der Waals surface area contributed by atoms with Gasteiger partial charge in [-0.1, -0.05) is 52.5 Å². The number of unbranched alkanes of at least 4 members (excludes halogenated alkanes) is 2. The first-order chi connectivity index (χ1) is 13.7. The average molecular weight is 385 g/mol. The second-order valence-electron chi connectivity index (χ2n) is 5.47. The number of ether oxygens (including phenoxy) is 2. The molecule has 0 bridgehead atoms. The number of nitrogens with two attached hydrogens (primary N) is 1. The van der Waals surface area contributed by atoms with E-state index in [4.69, 9.17) is 20.6 Å². The van der Waals surface area contributed by atoms with E-state index in [1.165, 1.54) is 0 Å². The van der Waals surface area contributed by atoms with E-state index in [2.05, 4.69) is 6.58 Å². The van der Waals surface area contributed by atoms with Crippen molar-refractivity contribution in [2.75, 3.05) is 13.2 Å². The van der Waals surface area contributed by atoms with E-state index in [0.29, 0.717) is 18.8 Å². The number of nitrogen functional groups attached to an aromatic ring is 1. The molecule has 2 aromatic carbocycles. The predicted molar refractivity (Wildman–Crippen MR) is 122 cm³/mol. The molecule has 154 valence electrons. The van der Waals surface area contributed by atoms with E-state index in [-0.39, 0.29) is 5.84 Å². The summed E-state index contributed by atoms with van der Waals surface area (Å²) in [5.74, 6) is 1.77. The summed E-state index contributed by atoms with van der Waals surface area (Å²) in [6, 6.07) is 15.2. The molecule has 4 nitrogen and oxygen atoms in total. The molecule has 2 rings (SSSR count). The van der Waals surface area contributed by atoms with Crippen LogP contribution in [-0.2, 0) is 0 Å². The van der Waals surface area contributed by atoms with Crippen molar-refractivity contribution in [2.45, 2.75) is 47.0 Å². The molecule has 3 N–H and O–H groups in total. The van der Waals surface area contributed by atoms with Crippen LogP contribution >= 0.6 is 0 Å². The Hall–Kier alpha value is -2.75. The molecule has 0 radical (unpaired) electrons. The highest BCUT2D eigenvalue weighted by Gasteiger charge is 1.98. The van der Waals surface area contributed by atoms with E-state index in [9.17, 15) is 0 Å². The molecule has 0 saturated heterocycles. The second-order valence-corrected chi connectivity index (χ2v) is 5.47. The van der Waals surface area contributed by atoms with E-state index < -0.39 is 0 Å². The Morgan fingerprint density at radius 1 is 0.821 bits per heavy atom. The first kappa shape index (κ1) is 25.2. The third-order valence-electron chi connectivity index (χ3n) is 3.61. The summed E-state index contributed by atoms with van der Waals surface area (Å²) in [6.45, 7) is 13.1. The maximum atomic E-state index is 7.34. The Labute approximate surface area is 170 Å². The summed E-state index contributed by atoms with van der Waals surface area (Å²) in [7, 11) is 0. The number of amidine groups is 1. The van der Waals surface area contributed by atoms with Gasteiger partial charge in [0.05, 0.1) is 13.2 Å². The van der Waals surface area contributed by atoms with Gasteiger partial charge in [-0.15, -0.1) is 0 Å². The normalized spacial score (nSPS) is 9.14. The quantitative estimate of drug-likeness (QED) is 0.287. The van der Waals surface area contributed by atoms with E-state index >= 15 is 0 Å². The van der Waals surface area contributed by atoms with Crippen LogP contribution in [-0.4, -0.2) is 19.0 Å². The first-order valence-electron chi connectivity index (χ1n) is 10.1. The fourth-order valence-corrected chi connectivity index (χ4v) is 2.19. The zero-order chi connectivity index (χ0) is 21.2. The van der Waals surface area contributed by atoms with Crippen molar-refractivity contribution in [3.05, 3.63) is 66.2 Å². The highest BCUT2D eigenvalue weighted by Crippen LogP contribution is 2.14. The molecule has 0 fully saturated rings. The average Bonchev–Trinajstić information content (AvgIpc) is 2.76. The van der Waals surface area contributed by atoms with Gasteiger partial charge in [-0.05, 0) is 61.2 Å². The summed E-state index contributed by atoms with van der Waals surface area (Å²) in [6.07, 6.45) is 4.84. The van der Waals surface area contributed by atoms with E-state index in [0.717, 1.165) is 36.3 Å². The van der Waals surface area contributed by atoms with Gasteiger partial charge in [0.15, 0.2) is 0 Å². The molecule has 0 aromatic heterocycles. The van der Waals surface area contributed by atoms with Crippen molar-refractivity contribution < 1.29 is 9.47 Å². The lowest BCUT2D eigenvalue weighted by Crippen LogP contribution is -2.10. The Bertz CT molecular complexity index is 649. The standard InChI is InChI=1S/C20H24N2O2.2C2H6/c1-2-16-6-10-18(11-7-16)23-14-4-3-5-15-24-19-12-8-17(9-13-19)20(21)22;2*1-2/h2,6-13H,1,3-5,14-15H2,(H3,21,22);2*1-2H3. The Morgan fingerprint density at radius 2 is 1.25 bits per heavy atom. The minimum absolute atomic E-state index is 0.0701. The van der Waals surface area contributed by atoms with E-state index in [1.807, 2.05) is 70.2 Å². The van der Waals surface area contributed by atoms with Crippen molar-refractivity contribution in [3.8, 4) is 11.5 Å². The maximum absolute atomic E-state index is 7.34.